The van der Waals surface area contributed by atoms with Gasteiger partial charge in [-0.1, -0.05) is 95.0 Å². The maximum atomic E-state index is 2.28. The Morgan fingerprint density at radius 1 is 0.762 bits per heavy atom. The zero-order chi connectivity index (χ0) is 15.0. The summed E-state index contributed by atoms with van der Waals surface area (Å²) in [5.74, 6) is 1.26. The van der Waals surface area contributed by atoms with E-state index in [0.29, 0.717) is 0 Å². The quantitative estimate of drug-likeness (QED) is 0.344. The van der Waals surface area contributed by atoms with Crippen molar-refractivity contribution in [3.8, 4) is 0 Å². The number of thioether (sulfide) groups is 1. The molecule has 0 aliphatic rings. The average molecular weight is 305 g/mol. The smallest absolute Gasteiger partial charge is 0.00260 e. The first-order valence-electron chi connectivity index (χ1n) is 8.76. The number of unbranched alkanes of at least 4 members (excludes halogenated alkanes) is 9. The van der Waals surface area contributed by atoms with Crippen molar-refractivity contribution in [2.45, 2.75) is 71.1 Å². The second kappa shape index (κ2) is 14.3. The van der Waals surface area contributed by atoms with E-state index in [2.05, 4.69) is 48.7 Å². The fourth-order valence-electron chi connectivity index (χ4n) is 2.43. The Bertz CT molecular complexity index is 342. The second-order valence-corrected chi connectivity index (χ2v) is 6.78. The molecule has 118 valence electrons. The molecule has 0 aliphatic heterocycles. The standard InChI is InChI=1S/C20H32S/c1-2-3-4-5-6-7-8-9-10-14-18-21-19-17-20-15-12-11-13-16-20/h11-13,15-17,19H,2-10,14,18H2,1H3/b19-17-. The fourth-order valence-corrected chi connectivity index (χ4v) is 3.19. The van der Waals surface area contributed by atoms with Gasteiger partial charge in [0.2, 0.25) is 0 Å². The Kier molecular flexibility index (Phi) is 12.5. The summed E-state index contributed by atoms with van der Waals surface area (Å²) < 4.78 is 0. The van der Waals surface area contributed by atoms with Gasteiger partial charge in [-0.15, -0.1) is 11.8 Å². The molecular weight excluding hydrogens is 272 g/mol. The van der Waals surface area contributed by atoms with Crippen molar-refractivity contribution in [3.63, 3.8) is 0 Å². The summed E-state index contributed by atoms with van der Waals surface area (Å²) >= 11 is 1.94. The first-order valence-corrected chi connectivity index (χ1v) is 9.81. The highest BCUT2D eigenvalue weighted by Crippen LogP contribution is 2.14. The van der Waals surface area contributed by atoms with Gasteiger partial charge in [0.05, 0.1) is 0 Å². The fraction of sp³-hybridized carbons (Fsp3) is 0.600. The monoisotopic (exact) mass is 304 g/mol. The largest absolute Gasteiger partial charge is 0.134 e. The van der Waals surface area contributed by atoms with Crippen LogP contribution in [0.2, 0.25) is 0 Å². The van der Waals surface area contributed by atoms with E-state index >= 15 is 0 Å². The first kappa shape index (κ1) is 18.4. The van der Waals surface area contributed by atoms with E-state index in [1.807, 2.05) is 11.8 Å². The molecule has 0 fully saturated rings. The third-order valence-corrected chi connectivity index (χ3v) is 4.62. The molecule has 0 amide bonds. The lowest BCUT2D eigenvalue weighted by atomic mass is 10.1. The number of benzene rings is 1. The SMILES string of the molecule is CCCCCCCCCCCCS/C=C\c1ccccc1. The van der Waals surface area contributed by atoms with Gasteiger partial charge in [-0.25, -0.2) is 0 Å². The van der Waals surface area contributed by atoms with E-state index in [0.717, 1.165) is 0 Å². The predicted octanol–water partition coefficient (Wildman–Crippen LogP) is 7.31. The van der Waals surface area contributed by atoms with Crippen LogP contribution >= 0.6 is 11.8 Å². The molecule has 0 nitrogen and oxygen atoms in total. The van der Waals surface area contributed by atoms with Gasteiger partial charge in [0.25, 0.3) is 0 Å². The van der Waals surface area contributed by atoms with E-state index in [-0.39, 0.29) is 0 Å². The Morgan fingerprint density at radius 3 is 1.95 bits per heavy atom. The van der Waals surface area contributed by atoms with Crippen LogP contribution in [-0.2, 0) is 0 Å². The van der Waals surface area contributed by atoms with Gasteiger partial charge in [-0.3, -0.25) is 0 Å². The van der Waals surface area contributed by atoms with Gasteiger partial charge in [-0.05, 0) is 29.2 Å². The van der Waals surface area contributed by atoms with Crippen molar-refractivity contribution in [3.05, 3.63) is 41.3 Å². The third-order valence-electron chi connectivity index (χ3n) is 3.77. The highest BCUT2D eigenvalue weighted by atomic mass is 32.2. The van der Waals surface area contributed by atoms with E-state index < -0.39 is 0 Å². The molecule has 0 N–H and O–H groups in total. The predicted molar refractivity (Wildman–Crippen MR) is 99.8 cm³/mol. The molecule has 1 heteroatoms. The molecule has 0 aromatic heterocycles. The lowest BCUT2D eigenvalue weighted by molar-refractivity contribution is 0.563. The number of rotatable bonds is 13. The lowest BCUT2D eigenvalue weighted by Crippen LogP contribution is -1.83. The Balaban J connectivity index is 1.82. The van der Waals surface area contributed by atoms with Crippen LogP contribution in [0, 0.1) is 0 Å². The zero-order valence-electron chi connectivity index (χ0n) is 13.7. The Hall–Kier alpha value is -0.690. The Morgan fingerprint density at radius 2 is 1.33 bits per heavy atom. The topological polar surface area (TPSA) is 0 Å². The van der Waals surface area contributed by atoms with E-state index in [9.17, 15) is 0 Å². The van der Waals surface area contributed by atoms with Crippen molar-refractivity contribution in [1.29, 1.82) is 0 Å². The maximum Gasteiger partial charge on any atom is -0.00260 e. The summed E-state index contributed by atoms with van der Waals surface area (Å²) in [6.45, 7) is 2.28. The summed E-state index contributed by atoms with van der Waals surface area (Å²) in [6, 6.07) is 10.5. The second-order valence-electron chi connectivity index (χ2n) is 5.77. The van der Waals surface area contributed by atoms with Gasteiger partial charge in [-0.2, -0.15) is 0 Å². The van der Waals surface area contributed by atoms with Gasteiger partial charge in [0.15, 0.2) is 0 Å². The summed E-state index contributed by atoms with van der Waals surface area (Å²) in [4.78, 5) is 0. The normalized spacial score (nSPS) is 11.3. The third kappa shape index (κ3) is 11.6. The molecule has 0 radical (unpaired) electrons. The minimum Gasteiger partial charge on any atom is -0.134 e. The highest BCUT2D eigenvalue weighted by Gasteiger charge is 1.92. The molecule has 21 heavy (non-hydrogen) atoms. The number of hydrogen-bond donors (Lipinski definition) is 0. The van der Waals surface area contributed by atoms with E-state index in [1.165, 1.54) is 75.5 Å². The van der Waals surface area contributed by atoms with Crippen LogP contribution < -0.4 is 0 Å². The van der Waals surface area contributed by atoms with Crippen molar-refractivity contribution >= 4 is 17.8 Å². The molecule has 0 saturated heterocycles. The van der Waals surface area contributed by atoms with Gasteiger partial charge in [0.1, 0.15) is 0 Å². The van der Waals surface area contributed by atoms with Crippen molar-refractivity contribution < 1.29 is 0 Å². The van der Waals surface area contributed by atoms with Crippen LogP contribution in [-0.4, -0.2) is 5.75 Å². The molecular formula is C20H32S. The van der Waals surface area contributed by atoms with Crippen LogP contribution in [0.1, 0.15) is 76.7 Å². The molecule has 0 aliphatic carbocycles. The van der Waals surface area contributed by atoms with Crippen LogP contribution in [0.15, 0.2) is 35.7 Å². The van der Waals surface area contributed by atoms with Gasteiger partial charge in [0, 0.05) is 0 Å². The van der Waals surface area contributed by atoms with Crippen LogP contribution in [0.5, 0.6) is 0 Å². The van der Waals surface area contributed by atoms with Crippen LogP contribution in [0.4, 0.5) is 0 Å². The van der Waals surface area contributed by atoms with Crippen LogP contribution in [0.25, 0.3) is 6.08 Å². The molecule has 0 unspecified atom stereocenters. The van der Waals surface area contributed by atoms with Crippen molar-refractivity contribution in [2.75, 3.05) is 5.75 Å². The molecule has 0 saturated carbocycles. The summed E-state index contributed by atoms with van der Waals surface area (Å²) in [5.41, 5.74) is 1.30. The molecule has 0 bridgehead atoms. The van der Waals surface area contributed by atoms with Crippen molar-refractivity contribution in [2.24, 2.45) is 0 Å². The average Bonchev–Trinajstić information content (AvgIpc) is 2.53. The molecule has 0 spiro atoms. The minimum absolute atomic E-state index is 1.26. The highest BCUT2D eigenvalue weighted by molar-refractivity contribution is 8.02. The number of hydrogen-bond acceptors (Lipinski definition) is 1. The summed E-state index contributed by atoms with van der Waals surface area (Å²) in [7, 11) is 0. The van der Waals surface area contributed by atoms with Gasteiger partial charge >= 0.3 is 0 Å². The molecule has 0 atom stereocenters. The van der Waals surface area contributed by atoms with E-state index in [4.69, 9.17) is 0 Å². The minimum atomic E-state index is 1.26. The molecule has 0 heterocycles. The van der Waals surface area contributed by atoms with Crippen molar-refractivity contribution in [1.82, 2.24) is 0 Å². The zero-order valence-corrected chi connectivity index (χ0v) is 14.5. The molecule has 1 rings (SSSR count). The summed E-state index contributed by atoms with van der Waals surface area (Å²) in [6.07, 6.45) is 16.4. The van der Waals surface area contributed by atoms with E-state index in [1.54, 1.807) is 0 Å². The summed E-state index contributed by atoms with van der Waals surface area (Å²) in [5, 5.41) is 2.24. The van der Waals surface area contributed by atoms with Gasteiger partial charge < -0.3 is 0 Å². The first-order chi connectivity index (χ1) is 10.4. The molecule has 1 aromatic carbocycles. The maximum absolute atomic E-state index is 2.28. The van der Waals surface area contributed by atoms with Crippen LogP contribution in [0.3, 0.4) is 0 Å². The Labute approximate surface area is 136 Å². The molecule has 1 aromatic rings. The lowest BCUT2D eigenvalue weighted by Gasteiger charge is -2.01.